The van der Waals surface area contributed by atoms with E-state index in [1.165, 1.54) is 89.9 Å². The van der Waals surface area contributed by atoms with Gasteiger partial charge in [-0.15, -0.1) is 0 Å². The highest BCUT2D eigenvalue weighted by molar-refractivity contribution is 6.77. The normalized spacial score (nSPS) is 39.5. The zero-order chi connectivity index (χ0) is 29.6. The summed E-state index contributed by atoms with van der Waals surface area (Å²) in [7, 11) is -1.83. The summed E-state index contributed by atoms with van der Waals surface area (Å²) in [4.78, 5) is 0. The molecule has 8 atom stereocenters. The van der Waals surface area contributed by atoms with E-state index in [-0.39, 0.29) is 0 Å². The van der Waals surface area contributed by atoms with Crippen LogP contribution in [0.1, 0.15) is 152 Å². The molecule has 0 aromatic rings. The molecule has 2 heteroatoms. The Kier molecular flexibility index (Phi) is 9.83. The summed E-state index contributed by atoms with van der Waals surface area (Å²) >= 11 is 0. The lowest BCUT2D eigenvalue weighted by molar-refractivity contribution is -0.0534. The third kappa shape index (κ3) is 5.78. The molecule has 0 saturated heterocycles. The molecule has 0 N–H and O–H groups in total. The van der Waals surface area contributed by atoms with Crippen LogP contribution in [0.2, 0.25) is 16.6 Å². The molecule has 0 aromatic carbocycles. The van der Waals surface area contributed by atoms with Crippen molar-refractivity contribution >= 4 is 8.32 Å². The molecule has 41 heavy (non-hydrogen) atoms. The topological polar surface area (TPSA) is 9.23 Å². The Labute approximate surface area is 257 Å². The Balaban J connectivity index is 1.28. The van der Waals surface area contributed by atoms with Gasteiger partial charge in [0, 0.05) is 6.10 Å². The number of hydrogen-bond donors (Lipinski definition) is 0. The minimum atomic E-state index is -1.83. The Morgan fingerprint density at radius 3 is 2.07 bits per heavy atom. The van der Waals surface area contributed by atoms with Crippen LogP contribution < -0.4 is 0 Å². The quantitative estimate of drug-likeness (QED) is 0.158. The lowest BCUT2D eigenvalue weighted by Crippen LogP contribution is -2.53. The first-order valence-corrected chi connectivity index (χ1v) is 20.6. The fraction of sp³-hybridized carbons (Fsp3) is 0.897. The molecule has 5 aliphatic rings. The van der Waals surface area contributed by atoms with E-state index in [1.54, 1.807) is 5.57 Å². The maximum atomic E-state index is 7.38. The van der Waals surface area contributed by atoms with Crippen LogP contribution in [0, 0.1) is 46.3 Å². The van der Waals surface area contributed by atoms with Crippen LogP contribution in [0.4, 0.5) is 0 Å². The molecule has 5 rings (SSSR count). The lowest BCUT2D eigenvalue weighted by atomic mass is 9.47. The zero-order valence-electron chi connectivity index (χ0n) is 28.8. The second-order valence-corrected chi connectivity index (χ2v) is 22.7. The third-order valence-electron chi connectivity index (χ3n) is 14.4. The molecular weight excluding hydrogens is 513 g/mol. The minimum Gasteiger partial charge on any atom is -0.413 e. The predicted molar refractivity (Wildman–Crippen MR) is 181 cm³/mol. The maximum absolute atomic E-state index is 7.38. The van der Waals surface area contributed by atoms with Crippen molar-refractivity contribution in [1.29, 1.82) is 0 Å². The van der Waals surface area contributed by atoms with Gasteiger partial charge in [0.15, 0.2) is 0 Å². The summed E-state index contributed by atoms with van der Waals surface area (Å²) < 4.78 is 7.38. The molecule has 0 spiro atoms. The molecule has 1 nitrogen and oxygen atoms in total. The Morgan fingerprint density at radius 2 is 1.44 bits per heavy atom. The fourth-order valence-electron chi connectivity index (χ4n) is 12.3. The summed E-state index contributed by atoms with van der Waals surface area (Å²) in [5, 5.41) is 0. The van der Waals surface area contributed by atoms with Crippen LogP contribution >= 0.6 is 0 Å². The van der Waals surface area contributed by atoms with Gasteiger partial charge in [-0.25, -0.2) is 0 Å². The van der Waals surface area contributed by atoms with Gasteiger partial charge in [0.2, 0.25) is 8.32 Å². The second kappa shape index (κ2) is 12.6. The van der Waals surface area contributed by atoms with E-state index in [4.69, 9.17) is 4.43 Å². The van der Waals surface area contributed by atoms with Gasteiger partial charge in [-0.05, 0) is 127 Å². The number of hydrogen-bond acceptors (Lipinski definition) is 1. The molecule has 0 heterocycles. The van der Waals surface area contributed by atoms with Gasteiger partial charge in [-0.2, -0.15) is 0 Å². The molecule has 0 radical (unpaired) electrons. The predicted octanol–water partition coefficient (Wildman–Crippen LogP) is 12.3. The van der Waals surface area contributed by atoms with Crippen LogP contribution in [0.15, 0.2) is 23.8 Å². The average Bonchev–Trinajstić information content (AvgIpc) is 3.08. The van der Waals surface area contributed by atoms with E-state index in [1.807, 2.05) is 0 Å². The SMILES string of the molecule is CC(C)[Si](O[C@H]1CC[C@@]2(C)C(=CC[C@H]3[C@@H]4CC[C@H]([C@H](C)/C=C/C5CCCCCC5)[C@@]4(C)CC[C@@H]32)C1)(C(C)C)C(C)C. The molecule has 4 fully saturated rings. The Morgan fingerprint density at radius 1 is 0.780 bits per heavy atom. The van der Waals surface area contributed by atoms with Crippen molar-refractivity contribution in [2.75, 3.05) is 0 Å². The monoisotopic (exact) mass is 581 g/mol. The first-order valence-electron chi connectivity index (χ1n) is 18.5. The third-order valence-corrected chi connectivity index (χ3v) is 20.6. The summed E-state index contributed by atoms with van der Waals surface area (Å²) in [6, 6.07) is 0. The van der Waals surface area contributed by atoms with Crippen molar-refractivity contribution in [2.24, 2.45) is 46.3 Å². The van der Waals surface area contributed by atoms with Crippen LogP contribution in [0.3, 0.4) is 0 Å². The van der Waals surface area contributed by atoms with Crippen LogP contribution in [0.5, 0.6) is 0 Å². The number of allylic oxidation sites excluding steroid dienone is 3. The Bertz CT molecular complexity index is 915. The smallest absolute Gasteiger partial charge is 0.200 e. The molecule has 4 saturated carbocycles. The highest BCUT2D eigenvalue weighted by Crippen LogP contribution is 2.67. The summed E-state index contributed by atoms with van der Waals surface area (Å²) in [5.74, 6) is 5.24. The van der Waals surface area contributed by atoms with Crippen molar-refractivity contribution in [1.82, 2.24) is 0 Å². The standard InChI is InChI=1S/C39H68OSi/c1-27(2)41(28(3)4,29(5)6)40-33-22-24-38(8)32(26-33)18-19-34-36-21-20-35(39(36,9)25-23-37(34)38)30(7)16-17-31-14-12-10-11-13-15-31/h16-18,27-31,33-37H,10-15,19-26H2,1-9H3/b17-16+/t30-,33+,34+,35-,36+,37+,38+,39-/m1/s1. The van der Waals surface area contributed by atoms with Crippen LogP contribution in [-0.4, -0.2) is 14.4 Å². The van der Waals surface area contributed by atoms with Crippen molar-refractivity contribution in [2.45, 2.75) is 175 Å². The van der Waals surface area contributed by atoms with Crippen molar-refractivity contribution in [3.63, 3.8) is 0 Å². The molecule has 5 aliphatic carbocycles. The zero-order valence-corrected chi connectivity index (χ0v) is 29.8. The van der Waals surface area contributed by atoms with Crippen molar-refractivity contribution < 1.29 is 4.43 Å². The van der Waals surface area contributed by atoms with Crippen LogP contribution in [0.25, 0.3) is 0 Å². The van der Waals surface area contributed by atoms with Gasteiger partial charge in [0.05, 0.1) is 0 Å². The molecule has 0 amide bonds. The Hall–Kier alpha value is -0.343. The van der Waals surface area contributed by atoms with Gasteiger partial charge in [0.25, 0.3) is 0 Å². The maximum Gasteiger partial charge on any atom is 0.200 e. The molecule has 0 aromatic heterocycles. The van der Waals surface area contributed by atoms with E-state index in [9.17, 15) is 0 Å². The first-order chi connectivity index (χ1) is 19.4. The van der Waals surface area contributed by atoms with Crippen LogP contribution in [-0.2, 0) is 4.43 Å². The van der Waals surface area contributed by atoms with E-state index >= 15 is 0 Å². The lowest BCUT2D eigenvalue weighted by Gasteiger charge is -2.59. The summed E-state index contributed by atoms with van der Waals surface area (Å²) in [6.07, 6.45) is 28.4. The molecule has 234 valence electrons. The van der Waals surface area contributed by atoms with Crippen molar-refractivity contribution in [3.8, 4) is 0 Å². The van der Waals surface area contributed by atoms with E-state index in [0.717, 1.165) is 35.5 Å². The van der Waals surface area contributed by atoms with Crippen molar-refractivity contribution in [3.05, 3.63) is 23.8 Å². The van der Waals surface area contributed by atoms with Gasteiger partial charge in [-0.3, -0.25) is 0 Å². The molecule has 0 bridgehead atoms. The fourth-order valence-corrected chi connectivity index (χ4v) is 17.9. The highest BCUT2D eigenvalue weighted by Gasteiger charge is 2.59. The van der Waals surface area contributed by atoms with E-state index in [2.05, 4.69) is 80.5 Å². The van der Waals surface area contributed by atoms with E-state index in [0.29, 0.717) is 33.6 Å². The summed E-state index contributed by atoms with van der Waals surface area (Å²) in [6.45, 7) is 22.7. The number of rotatable bonds is 8. The van der Waals surface area contributed by atoms with Gasteiger partial charge < -0.3 is 4.43 Å². The average molecular weight is 581 g/mol. The van der Waals surface area contributed by atoms with E-state index < -0.39 is 8.32 Å². The molecular formula is C39H68OSi. The van der Waals surface area contributed by atoms with Gasteiger partial charge in [0.1, 0.15) is 0 Å². The summed E-state index contributed by atoms with van der Waals surface area (Å²) in [5.41, 5.74) is 4.80. The molecule has 0 unspecified atom stereocenters. The highest BCUT2D eigenvalue weighted by atomic mass is 28.4. The first kappa shape index (κ1) is 32.1. The minimum absolute atomic E-state index is 0.422. The second-order valence-electron chi connectivity index (χ2n) is 17.3. The number of fused-ring (bicyclic) bond motifs is 5. The van der Waals surface area contributed by atoms with Gasteiger partial charge in [-0.1, -0.05) is 112 Å². The van der Waals surface area contributed by atoms with Gasteiger partial charge >= 0.3 is 0 Å². The largest absolute Gasteiger partial charge is 0.413 e. The molecule has 0 aliphatic heterocycles.